The molecule has 184 valence electrons. The third-order valence-corrected chi connectivity index (χ3v) is 7.23. The molecule has 1 aromatic carbocycles. The summed E-state index contributed by atoms with van der Waals surface area (Å²) in [4.78, 5) is 46.0. The van der Waals surface area contributed by atoms with Crippen molar-refractivity contribution in [3.05, 3.63) is 58.5 Å². The number of benzene rings is 1. The Kier molecular flexibility index (Phi) is 5.94. The molecular weight excluding hydrogens is 449 g/mol. The van der Waals surface area contributed by atoms with E-state index in [4.69, 9.17) is 4.98 Å². The number of aromatic nitrogens is 1. The van der Waals surface area contributed by atoms with E-state index in [1.165, 1.54) is 36.6 Å². The van der Waals surface area contributed by atoms with Crippen molar-refractivity contribution < 1.29 is 18.8 Å². The molecule has 0 spiro atoms. The minimum atomic E-state index is -1.46. The molecule has 1 aromatic heterocycles. The van der Waals surface area contributed by atoms with Crippen LogP contribution < -0.4 is 15.5 Å². The number of pyridine rings is 1. The van der Waals surface area contributed by atoms with Crippen LogP contribution in [-0.4, -0.2) is 53.9 Å². The van der Waals surface area contributed by atoms with Gasteiger partial charge in [-0.05, 0) is 55.4 Å². The highest BCUT2D eigenvalue weighted by atomic mass is 19.1. The number of hydrogen-bond donors (Lipinski definition) is 2. The fourth-order valence-electron chi connectivity index (χ4n) is 5.23. The van der Waals surface area contributed by atoms with Gasteiger partial charge in [0.05, 0.1) is 0 Å². The Morgan fingerprint density at radius 2 is 1.91 bits per heavy atom. The van der Waals surface area contributed by atoms with Crippen molar-refractivity contribution in [1.29, 1.82) is 0 Å². The lowest BCUT2D eigenvalue weighted by Crippen LogP contribution is -2.49. The van der Waals surface area contributed by atoms with Crippen LogP contribution in [-0.2, 0) is 10.3 Å². The number of imide groups is 1. The van der Waals surface area contributed by atoms with Crippen molar-refractivity contribution in [3.63, 3.8) is 0 Å². The van der Waals surface area contributed by atoms with Crippen molar-refractivity contribution in [1.82, 2.24) is 20.5 Å². The third-order valence-electron chi connectivity index (χ3n) is 7.23. The van der Waals surface area contributed by atoms with E-state index in [1.807, 2.05) is 13.1 Å². The van der Waals surface area contributed by atoms with Gasteiger partial charge in [-0.15, -0.1) is 0 Å². The molecule has 0 bridgehead atoms. The lowest BCUT2D eigenvalue weighted by molar-refractivity contribution is -0.124. The van der Waals surface area contributed by atoms with Crippen LogP contribution >= 0.6 is 0 Å². The number of rotatable bonds is 6. The van der Waals surface area contributed by atoms with E-state index in [-0.39, 0.29) is 23.5 Å². The summed E-state index contributed by atoms with van der Waals surface area (Å²) < 4.78 is 15.2. The van der Waals surface area contributed by atoms with Crippen LogP contribution in [0.2, 0.25) is 0 Å². The van der Waals surface area contributed by atoms with Gasteiger partial charge in [-0.1, -0.05) is 25.5 Å². The van der Waals surface area contributed by atoms with E-state index >= 15 is 4.39 Å². The minimum absolute atomic E-state index is 0.0697. The molecule has 2 N–H and O–H groups in total. The predicted octanol–water partition coefficient (Wildman–Crippen LogP) is 3.20. The molecule has 0 radical (unpaired) electrons. The number of aryl methyl sites for hydroxylation is 1. The number of urea groups is 1. The van der Waals surface area contributed by atoms with Gasteiger partial charge in [0.2, 0.25) is 0 Å². The zero-order valence-corrected chi connectivity index (χ0v) is 20.1. The van der Waals surface area contributed by atoms with Crippen LogP contribution in [0.1, 0.15) is 65.6 Å². The topological polar surface area (TPSA) is 94.6 Å². The van der Waals surface area contributed by atoms with Crippen molar-refractivity contribution in [2.45, 2.75) is 51.0 Å². The zero-order chi connectivity index (χ0) is 24.7. The molecule has 35 heavy (non-hydrogen) atoms. The number of hydrogen-bond acceptors (Lipinski definition) is 5. The maximum atomic E-state index is 15.2. The van der Waals surface area contributed by atoms with Gasteiger partial charge in [0.1, 0.15) is 17.2 Å². The van der Waals surface area contributed by atoms with Gasteiger partial charge in [-0.3, -0.25) is 14.9 Å². The Balaban J connectivity index is 1.28. The zero-order valence-electron chi connectivity index (χ0n) is 20.1. The van der Waals surface area contributed by atoms with Gasteiger partial charge >= 0.3 is 6.03 Å². The molecule has 2 saturated heterocycles. The Hall–Kier alpha value is -3.49. The molecule has 9 heteroatoms. The number of nitrogens with one attached hydrogen (secondary N) is 2. The van der Waals surface area contributed by atoms with Gasteiger partial charge < -0.3 is 15.1 Å². The summed E-state index contributed by atoms with van der Waals surface area (Å²) in [5.41, 5.74) is 1.29. The molecule has 3 aliphatic rings. The van der Waals surface area contributed by atoms with Gasteiger partial charge in [-0.25, -0.2) is 14.2 Å². The highest BCUT2D eigenvalue weighted by Gasteiger charge is 2.48. The maximum Gasteiger partial charge on any atom is 0.322 e. The number of carbonyl (C=O) groups is 3. The first kappa shape index (κ1) is 23.3. The summed E-state index contributed by atoms with van der Waals surface area (Å²) in [6.45, 7) is 6.24. The molecule has 2 aliphatic heterocycles. The van der Waals surface area contributed by atoms with Gasteiger partial charge in [-0.2, -0.15) is 0 Å². The molecule has 3 fully saturated rings. The van der Waals surface area contributed by atoms with Gasteiger partial charge in [0, 0.05) is 43.5 Å². The Morgan fingerprint density at radius 3 is 2.49 bits per heavy atom. The number of nitrogens with zero attached hydrogens (tertiary/aromatic N) is 3. The lowest BCUT2D eigenvalue weighted by atomic mass is 9.84. The Labute approximate surface area is 203 Å². The SMILES string of the molecule is CCCC1(c2ccc(C(=O)N3CCN(c4ncc(C5CC5)cc4C)CC3)cc2F)NC(=O)NC1=O. The fraction of sp³-hybridized carbons (Fsp3) is 0.462. The molecule has 2 aromatic rings. The summed E-state index contributed by atoms with van der Waals surface area (Å²) in [6.07, 6.45) is 5.27. The Morgan fingerprint density at radius 1 is 1.17 bits per heavy atom. The summed E-state index contributed by atoms with van der Waals surface area (Å²) in [6, 6.07) is 5.72. The smallest absolute Gasteiger partial charge is 0.322 e. The highest BCUT2D eigenvalue weighted by molar-refractivity contribution is 6.07. The van der Waals surface area contributed by atoms with E-state index in [0.29, 0.717) is 38.5 Å². The van der Waals surface area contributed by atoms with Crippen LogP contribution in [0.25, 0.3) is 0 Å². The second kappa shape index (κ2) is 8.94. The highest BCUT2D eigenvalue weighted by Crippen LogP contribution is 2.40. The monoisotopic (exact) mass is 479 g/mol. The van der Waals surface area contributed by atoms with Crippen molar-refractivity contribution in [2.75, 3.05) is 31.1 Å². The quantitative estimate of drug-likeness (QED) is 0.621. The largest absolute Gasteiger partial charge is 0.353 e. The van der Waals surface area contributed by atoms with E-state index in [1.54, 1.807) is 4.90 Å². The lowest BCUT2D eigenvalue weighted by Gasteiger charge is -2.36. The van der Waals surface area contributed by atoms with E-state index < -0.39 is 23.3 Å². The third kappa shape index (κ3) is 4.24. The second-order valence-electron chi connectivity index (χ2n) is 9.72. The molecule has 5 rings (SSSR count). The normalized spacial score (nSPS) is 22.3. The molecule has 1 saturated carbocycles. The molecular formula is C26H30FN5O3. The second-order valence-corrected chi connectivity index (χ2v) is 9.72. The van der Waals surface area contributed by atoms with Gasteiger partial charge in [0.15, 0.2) is 0 Å². The average Bonchev–Trinajstić information content (AvgIpc) is 3.64. The summed E-state index contributed by atoms with van der Waals surface area (Å²) in [5, 5.41) is 4.78. The average molecular weight is 480 g/mol. The molecule has 1 aliphatic carbocycles. The molecule has 1 atom stereocenters. The van der Waals surface area contributed by atoms with Crippen LogP contribution in [0, 0.1) is 12.7 Å². The van der Waals surface area contributed by atoms with Crippen LogP contribution in [0.3, 0.4) is 0 Å². The van der Waals surface area contributed by atoms with Crippen molar-refractivity contribution >= 4 is 23.7 Å². The predicted molar refractivity (Wildman–Crippen MR) is 129 cm³/mol. The molecule has 3 heterocycles. The first-order valence-electron chi connectivity index (χ1n) is 12.3. The van der Waals surface area contributed by atoms with Crippen molar-refractivity contribution in [3.8, 4) is 0 Å². The number of amides is 4. The van der Waals surface area contributed by atoms with Crippen LogP contribution in [0.4, 0.5) is 15.0 Å². The number of piperazine rings is 1. The summed E-state index contributed by atoms with van der Waals surface area (Å²) in [7, 11) is 0. The minimum Gasteiger partial charge on any atom is -0.353 e. The number of halogens is 1. The van der Waals surface area contributed by atoms with E-state index in [9.17, 15) is 14.4 Å². The fourth-order valence-corrected chi connectivity index (χ4v) is 5.23. The van der Waals surface area contributed by atoms with Crippen molar-refractivity contribution in [2.24, 2.45) is 0 Å². The standard InChI is InChI=1S/C26H30FN5O3/c1-3-8-26(24(34)29-25(35)30-26)20-7-6-18(14-21(20)27)23(33)32-11-9-31(10-12-32)22-16(2)13-19(15-28-22)17-4-5-17/h6-7,13-15,17H,3-5,8-12H2,1-2H3,(H2,29,30,34,35). The van der Waals surface area contributed by atoms with Gasteiger partial charge in [0.25, 0.3) is 11.8 Å². The Bertz CT molecular complexity index is 1190. The number of anilines is 1. The summed E-state index contributed by atoms with van der Waals surface area (Å²) in [5.74, 6) is 0.0966. The van der Waals surface area contributed by atoms with Crippen LogP contribution in [0.15, 0.2) is 30.5 Å². The molecule has 1 unspecified atom stereocenters. The van der Waals surface area contributed by atoms with E-state index in [2.05, 4.69) is 28.5 Å². The molecule has 4 amide bonds. The summed E-state index contributed by atoms with van der Waals surface area (Å²) >= 11 is 0. The maximum absolute atomic E-state index is 15.2. The first-order chi connectivity index (χ1) is 16.8. The number of carbonyl (C=O) groups excluding carboxylic acids is 3. The van der Waals surface area contributed by atoms with Crippen LogP contribution in [0.5, 0.6) is 0 Å². The molecule has 8 nitrogen and oxygen atoms in total. The first-order valence-corrected chi connectivity index (χ1v) is 12.3. The van der Waals surface area contributed by atoms with E-state index in [0.717, 1.165) is 11.4 Å².